The van der Waals surface area contributed by atoms with Gasteiger partial charge in [-0.1, -0.05) is 41.6 Å². The zero-order valence-electron chi connectivity index (χ0n) is 17.6. The molecule has 3 heterocycles. The van der Waals surface area contributed by atoms with Crippen LogP contribution in [-0.2, 0) is 0 Å². The van der Waals surface area contributed by atoms with Crippen LogP contribution in [0.1, 0.15) is 39.0 Å². The zero-order chi connectivity index (χ0) is 22.4. The third-order valence-electron chi connectivity index (χ3n) is 5.43. The first kappa shape index (κ1) is 19.8. The average Bonchev–Trinajstić information content (AvgIpc) is 3.34. The molecule has 0 bridgehead atoms. The maximum atomic E-state index is 13.6. The van der Waals surface area contributed by atoms with E-state index in [0.29, 0.717) is 40.5 Å². The number of carbonyl (C=O) groups is 1. The molecule has 1 atom stereocenters. The lowest BCUT2D eigenvalue weighted by molar-refractivity contribution is 0.0969. The largest absolute Gasteiger partial charge is 0.490 e. The second-order valence-corrected chi connectivity index (χ2v) is 7.72. The van der Waals surface area contributed by atoms with Gasteiger partial charge in [0.25, 0.3) is 5.91 Å². The SMILES string of the molecule is C=CCOc1cccc([C@@H]2c3c(oc4ccc(C)cc4c3=O)C(=O)N2c2cc(C)on2)c1. The van der Waals surface area contributed by atoms with Crippen LogP contribution in [0, 0.1) is 13.8 Å². The van der Waals surface area contributed by atoms with E-state index in [4.69, 9.17) is 13.7 Å². The minimum atomic E-state index is -0.740. The molecule has 32 heavy (non-hydrogen) atoms. The van der Waals surface area contributed by atoms with E-state index in [1.54, 1.807) is 37.3 Å². The second-order valence-electron chi connectivity index (χ2n) is 7.72. The van der Waals surface area contributed by atoms with Crippen molar-refractivity contribution in [1.29, 1.82) is 0 Å². The van der Waals surface area contributed by atoms with Gasteiger partial charge in [0.15, 0.2) is 11.2 Å². The lowest BCUT2D eigenvalue weighted by atomic mass is 9.98. The van der Waals surface area contributed by atoms with Crippen LogP contribution in [0.3, 0.4) is 0 Å². The van der Waals surface area contributed by atoms with E-state index in [0.717, 1.165) is 5.56 Å². The van der Waals surface area contributed by atoms with Crippen molar-refractivity contribution in [3.63, 3.8) is 0 Å². The summed E-state index contributed by atoms with van der Waals surface area (Å²) < 4.78 is 16.9. The molecule has 2 aromatic heterocycles. The number of hydrogen-bond donors (Lipinski definition) is 0. The lowest BCUT2D eigenvalue weighted by Gasteiger charge is -2.22. The molecule has 1 amide bonds. The van der Waals surface area contributed by atoms with E-state index in [1.807, 2.05) is 31.2 Å². The number of ether oxygens (including phenoxy) is 1. The van der Waals surface area contributed by atoms with Gasteiger partial charge in [0.1, 0.15) is 23.7 Å². The fraction of sp³-hybridized carbons (Fsp3) is 0.160. The number of amides is 1. The molecule has 160 valence electrons. The Morgan fingerprint density at radius 3 is 2.75 bits per heavy atom. The molecule has 0 radical (unpaired) electrons. The van der Waals surface area contributed by atoms with E-state index in [2.05, 4.69) is 11.7 Å². The Kier molecular flexibility index (Phi) is 4.66. The van der Waals surface area contributed by atoms with Crippen LogP contribution in [-0.4, -0.2) is 17.7 Å². The van der Waals surface area contributed by atoms with Gasteiger partial charge in [0.05, 0.1) is 17.0 Å². The van der Waals surface area contributed by atoms with Crippen LogP contribution in [0.5, 0.6) is 5.75 Å². The van der Waals surface area contributed by atoms with Crippen LogP contribution >= 0.6 is 0 Å². The highest BCUT2D eigenvalue weighted by Crippen LogP contribution is 2.41. The van der Waals surface area contributed by atoms with Crippen LogP contribution in [0.4, 0.5) is 5.82 Å². The Morgan fingerprint density at radius 2 is 2.00 bits per heavy atom. The van der Waals surface area contributed by atoms with E-state index in [9.17, 15) is 9.59 Å². The van der Waals surface area contributed by atoms with Crippen molar-refractivity contribution in [2.24, 2.45) is 0 Å². The van der Waals surface area contributed by atoms with Crippen molar-refractivity contribution in [3.05, 3.63) is 99.6 Å². The summed E-state index contributed by atoms with van der Waals surface area (Å²) in [7, 11) is 0. The number of carbonyl (C=O) groups excluding carboxylic acids is 1. The lowest BCUT2D eigenvalue weighted by Crippen LogP contribution is -2.29. The quantitative estimate of drug-likeness (QED) is 0.428. The van der Waals surface area contributed by atoms with Gasteiger partial charge in [-0.15, -0.1) is 0 Å². The number of anilines is 1. The predicted molar refractivity (Wildman–Crippen MR) is 119 cm³/mol. The summed E-state index contributed by atoms with van der Waals surface area (Å²) >= 11 is 0. The monoisotopic (exact) mass is 428 g/mol. The summed E-state index contributed by atoms with van der Waals surface area (Å²) in [4.78, 5) is 28.5. The first-order valence-corrected chi connectivity index (χ1v) is 10.2. The molecule has 0 fully saturated rings. The normalized spacial score (nSPS) is 15.2. The summed E-state index contributed by atoms with van der Waals surface area (Å²) in [5.74, 6) is 1.01. The number of rotatable bonds is 5. The highest BCUT2D eigenvalue weighted by atomic mass is 16.5. The van der Waals surface area contributed by atoms with Crippen molar-refractivity contribution in [2.45, 2.75) is 19.9 Å². The van der Waals surface area contributed by atoms with E-state index in [-0.39, 0.29) is 16.8 Å². The van der Waals surface area contributed by atoms with Gasteiger partial charge in [-0.3, -0.25) is 14.5 Å². The van der Waals surface area contributed by atoms with Crippen molar-refractivity contribution >= 4 is 22.7 Å². The molecule has 0 N–H and O–H groups in total. The smallest absolute Gasteiger partial charge is 0.296 e. The van der Waals surface area contributed by atoms with Gasteiger partial charge in [0.2, 0.25) is 5.76 Å². The number of fused-ring (bicyclic) bond motifs is 2. The topological polar surface area (TPSA) is 85.8 Å². The van der Waals surface area contributed by atoms with Gasteiger partial charge in [-0.2, -0.15) is 0 Å². The molecule has 4 aromatic rings. The molecule has 7 nitrogen and oxygen atoms in total. The summed E-state index contributed by atoms with van der Waals surface area (Å²) in [6, 6.07) is 13.5. The van der Waals surface area contributed by atoms with Crippen molar-refractivity contribution < 1.29 is 18.5 Å². The molecule has 0 unspecified atom stereocenters. The molecule has 0 spiro atoms. The minimum absolute atomic E-state index is 0.00872. The molecule has 1 aliphatic rings. The van der Waals surface area contributed by atoms with Crippen molar-refractivity contribution in [3.8, 4) is 5.75 Å². The molecule has 7 heteroatoms. The third-order valence-corrected chi connectivity index (χ3v) is 5.43. The van der Waals surface area contributed by atoms with Crippen LogP contribution < -0.4 is 15.1 Å². The fourth-order valence-corrected chi connectivity index (χ4v) is 4.03. The van der Waals surface area contributed by atoms with Crippen LogP contribution in [0.25, 0.3) is 11.0 Å². The summed E-state index contributed by atoms with van der Waals surface area (Å²) in [6.45, 7) is 7.64. The number of nitrogens with zero attached hydrogens (tertiary/aromatic N) is 2. The molecule has 1 aliphatic heterocycles. The van der Waals surface area contributed by atoms with E-state index in [1.165, 1.54) is 4.90 Å². The standard InChI is InChI=1S/C25H20N2O5/c1-4-10-30-17-7-5-6-16(13-17)22-21-23(28)18-11-14(2)8-9-19(18)31-24(21)25(29)27(22)20-12-15(3)32-26-20/h4-9,11-13,22H,1,10H2,2-3H3/t22-/m1/s1. The number of hydrogen-bond acceptors (Lipinski definition) is 6. The number of aryl methyl sites for hydroxylation is 2. The van der Waals surface area contributed by atoms with Gasteiger partial charge >= 0.3 is 0 Å². The first-order chi connectivity index (χ1) is 15.5. The first-order valence-electron chi connectivity index (χ1n) is 10.2. The highest BCUT2D eigenvalue weighted by Gasteiger charge is 2.45. The molecule has 0 saturated carbocycles. The molecule has 0 saturated heterocycles. The molecular formula is C25H20N2O5. The Labute approximate surface area is 183 Å². The maximum Gasteiger partial charge on any atom is 0.296 e. The molecule has 0 aliphatic carbocycles. The van der Waals surface area contributed by atoms with Gasteiger partial charge < -0.3 is 13.7 Å². The Hall–Kier alpha value is -4.13. The zero-order valence-corrected chi connectivity index (χ0v) is 17.6. The molecular weight excluding hydrogens is 408 g/mol. The summed E-state index contributed by atoms with van der Waals surface area (Å²) in [5, 5.41) is 4.46. The average molecular weight is 428 g/mol. The van der Waals surface area contributed by atoms with Gasteiger partial charge in [-0.05, 0) is 43.7 Å². The van der Waals surface area contributed by atoms with Gasteiger partial charge in [-0.25, -0.2) is 0 Å². The summed E-state index contributed by atoms with van der Waals surface area (Å²) in [5.41, 5.74) is 2.01. The third kappa shape index (κ3) is 3.10. The van der Waals surface area contributed by atoms with Crippen molar-refractivity contribution in [1.82, 2.24) is 5.16 Å². The van der Waals surface area contributed by atoms with Crippen LogP contribution in [0.2, 0.25) is 0 Å². The molecule has 5 rings (SSSR count). The van der Waals surface area contributed by atoms with Gasteiger partial charge in [0, 0.05) is 6.07 Å². The fourth-order valence-electron chi connectivity index (χ4n) is 4.03. The number of benzene rings is 2. The van der Waals surface area contributed by atoms with E-state index < -0.39 is 11.9 Å². The minimum Gasteiger partial charge on any atom is -0.490 e. The Morgan fingerprint density at radius 1 is 1.16 bits per heavy atom. The maximum absolute atomic E-state index is 13.6. The van der Waals surface area contributed by atoms with Crippen molar-refractivity contribution in [2.75, 3.05) is 11.5 Å². The second kappa shape index (κ2) is 7.53. The van der Waals surface area contributed by atoms with Crippen LogP contribution in [0.15, 0.2) is 74.9 Å². The Bertz CT molecular complexity index is 1430. The number of aromatic nitrogens is 1. The summed E-state index contributed by atoms with van der Waals surface area (Å²) in [6.07, 6.45) is 1.65. The molecule has 2 aromatic carbocycles. The predicted octanol–water partition coefficient (Wildman–Crippen LogP) is 4.71. The van der Waals surface area contributed by atoms with E-state index >= 15 is 0 Å². The highest BCUT2D eigenvalue weighted by molar-refractivity contribution is 6.10. The Balaban J connectivity index is 1.77.